The molecule has 0 aromatic heterocycles. The van der Waals surface area contributed by atoms with Crippen LogP contribution in [0.4, 0.5) is 0 Å². The van der Waals surface area contributed by atoms with Crippen LogP contribution < -0.4 is 0 Å². The summed E-state index contributed by atoms with van der Waals surface area (Å²) >= 11 is 0. The first-order valence-electron chi connectivity index (χ1n) is 0.447. The van der Waals surface area contributed by atoms with E-state index in [9.17, 15) is 0 Å². The maximum atomic E-state index is 6.25. The molecule has 0 heterocycles. The summed E-state index contributed by atoms with van der Waals surface area (Å²) < 4.78 is 0. The Morgan fingerprint density at radius 2 is 0.833 bits per heavy atom. The van der Waals surface area contributed by atoms with Crippen LogP contribution in [0.5, 0.6) is 0 Å². The molecule has 28 valence electrons. The van der Waals surface area contributed by atoms with Crippen molar-refractivity contribution in [2.24, 2.45) is 0 Å². The van der Waals surface area contributed by atoms with Gasteiger partial charge in [0.1, 0.15) is 0 Å². The van der Waals surface area contributed by atoms with Gasteiger partial charge in [-0.2, -0.15) is 0 Å². The topological polar surface area (TPSA) is 47.6 Å². The normalized spacial score (nSPS) is 0.667. The van der Waals surface area contributed by atoms with Gasteiger partial charge in [0, 0.05) is 0 Å². The molecular weight excluding hydrogens is 147 g/mol. The van der Waals surface area contributed by atoms with Gasteiger partial charge >= 0.3 is 68.5 Å². The summed E-state index contributed by atoms with van der Waals surface area (Å²) in [5.74, 6) is 0. The first-order valence-corrected chi connectivity index (χ1v) is 0.447. The fourth-order valence-electron chi connectivity index (χ4n) is 0. The molecule has 0 radical (unpaired) electrons. The van der Waals surface area contributed by atoms with E-state index in [2.05, 4.69) is 0 Å². The van der Waals surface area contributed by atoms with Gasteiger partial charge in [-0.3, -0.25) is 0 Å². The fraction of sp³-hybridized carbons (Fsp3) is 0. The summed E-state index contributed by atoms with van der Waals surface area (Å²) in [7, 11) is 0. The number of hydrogen-bond acceptors (Lipinski definition) is 2. The zero-order chi connectivity index (χ0) is 4.00. The van der Waals surface area contributed by atoms with Crippen LogP contribution >= 0.6 is 0 Å². The van der Waals surface area contributed by atoms with Crippen molar-refractivity contribution in [3.63, 3.8) is 0 Å². The molecule has 0 N–H and O–H groups in total. The molecule has 4 heteroatoms. The van der Waals surface area contributed by atoms with E-state index in [1.54, 1.807) is 0 Å². The van der Waals surface area contributed by atoms with E-state index in [0.29, 0.717) is 0 Å². The van der Waals surface area contributed by atoms with Gasteiger partial charge in [0.05, 0.1) is 0 Å². The molecule has 0 saturated heterocycles. The van der Waals surface area contributed by atoms with Crippen molar-refractivity contribution in [3.05, 3.63) is 13.1 Å². The molecule has 0 fully saturated rings. The minimum absolute atomic E-state index is 0. The van der Waals surface area contributed by atoms with Crippen molar-refractivity contribution >= 4 is 51.4 Å². The Labute approximate surface area is 90.4 Å². The van der Waals surface area contributed by atoms with E-state index in [1.165, 1.54) is 0 Å². The zero-order valence-electron chi connectivity index (χ0n) is 2.25. The Balaban J connectivity index is -0.00000000500. The van der Waals surface area contributed by atoms with E-state index in [1.807, 2.05) is 0 Å². The molecule has 0 atom stereocenters. The SMILES string of the molecule is [C-]#N.[C-]#N.[Fe+2].[KH]. The third-order valence-corrected chi connectivity index (χ3v) is 0. The van der Waals surface area contributed by atoms with Crippen molar-refractivity contribution in [2.45, 2.75) is 0 Å². The van der Waals surface area contributed by atoms with Crippen LogP contribution in [0.2, 0.25) is 0 Å². The van der Waals surface area contributed by atoms with E-state index < -0.39 is 0 Å². The quantitative estimate of drug-likeness (QED) is 0.344. The predicted molar refractivity (Wildman–Crippen MR) is 17.1 cm³/mol. The van der Waals surface area contributed by atoms with Gasteiger partial charge in [-0.1, -0.05) is 0 Å². The number of rotatable bonds is 0. The van der Waals surface area contributed by atoms with Crippen molar-refractivity contribution in [2.75, 3.05) is 0 Å². The summed E-state index contributed by atoms with van der Waals surface area (Å²) in [6.45, 7) is 9.50. The molecule has 0 bridgehead atoms. The van der Waals surface area contributed by atoms with E-state index >= 15 is 0 Å². The molecule has 0 aromatic carbocycles. The monoisotopic (exact) mass is 148 g/mol. The van der Waals surface area contributed by atoms with Gasteiger partial charge in [0.15, 0.2) is 0 Å². The molecule has 6 heavy (non-hydrogen) atoms. The van der Waals surface area contributed by atoms with Gasteiger partial charge in [0.2, 0.25) is 0 Å². The molecular formula is C2HFeKN2. The Hall–Kier alpha value is 1.14. The van der Waals surface area contributed by atoms with Crippen LogP contribution in [0.15, 0.2) is 0 Å². The van der Waals surface area contributed by atoms with E-state index in [4.69, 9.17) is 23.7 Å². The van der Waals surface area contributed by atoms with Crippen LogP contribution in [0, 0.1) is 23.7 Å². The van der Waals surface area contributed by atoms with Crippen LogP contribution in [0.3, 0.4) is 0 Å². The standard InChI is InChI=1S/2CN.Fe.K.H/c2*1-2;;;/q2*-1;+2;;. The molecule has 0 aliphatic rings. The summed E-state index contributed by atoms with van der Waals surface area (Å²) in [5.41, 5.74) is 0. The minimum atomic E-state index is 0. The Morgan fingerprint density at radius 3 is 0.833 bits per heavy atom. The maximum absolute atomic E-state index is 6.25. The number of hydrogen-bond donors (Lipinski definition) is 0. The van der Waals surface area contributed by atoms with E-state index in [-0.39, 0.29) is 68.5 Å². The van der Waals surface area contributed by atoms with Crippen LogP contribution in [-0.2, 0) is 17.1 Å². The second-order valence-electron chi connectivity index (χ2n) is 0. The average Bonchev–Trinajstić information content (AvgIpc) is 1.50. The van der Waals surface area contributed by atoms with Gasteiger partial charge in [-0.15, -0.1) is 0 Å². The van der Waals surface area contributed by atoms with Gasteiger partial charge in [-0.25, -0.2) is 0 Å². The molecule has 0 aliphatic carbocycles. The predicted octanol–water partition coefficient (Wildman–Crippen LogP) is -0.458. The molecule has 0 unspecified atom stereocenters. The second-order valence-corrected chi connectivity index (χ2v) is 0. The van der Waals surface area contributed by atoms with E-state index in [0.717, 1.165) is 0 Å². The summed E-state index contributed by atoms with van der Waals surface area (Å²) in [4.78, 5) is 0. The molecule has 0 aliphatic heterocycles. The van der Waals surface area contributed by atoms with Crippen molar-refractivity contribution < 1.29 is 17.1 Å². The summed E-state index contributed by atoms with van der Waals surface area (Å²) in [5, 5.41) is 12.5. The molecule has 0 spiro atoms. The van der Waals surface area contributed by atoms with Crippen LogP contribution in [-0.4, -0.2) is 51.4 Å². The fourth-order valence-corrected chi connectivity index (χ4v) is 0. The second kappa shape index (κ2) is 125. The Kier molecular flexibility index (Phi) is 571. The summed E-state index contributed by atoms with van der Waals surface area (Å²) in [6, 6.07) is 0. The van der Waals surface area contributed by atoms with Gasteiger partial charge < -0.3 is 23.7 Å². The van der Waals surface area contributed by atoms with Crippen LogP contribution in [0.1, 0.15) is 0 Å². The van der Waals surface area contributed by atoms with Crippen molar-refractivity contribution in [1.29, 1.82) is 10.5 Å². The summed E-state index contributed by atoms with van der Waals surface area (Å²) in [6.07, 6.45) is 0. The van der Waals surface area contributed by atoms with Crippen molar-refractivity contribution in [1.82, 2.24) is 0 Å². The first-order chi connectivity index (χ1) is 2.00. The molecule has 2 nitrogen and oxygen atoms in total. The van der Waals surface area contributed by atoms with Crippen molar-refractivity contribution in [3.8, 4) is 0 Å². The zero-order valence-corrected chi connectivity index (χ0v) is 3.35. The molecule has 0 rings (SSSR count). The third kappa shape index (κ3) is 68.1. The van der Waals surface area contributed by atoms with Crippen LogP contribution in [0.25, 0.3) is 0 Å². The third-order valence-electron chi connectivity index (χ3n) is 0. The average molecular weight is 148 g/mol. The Bertz CT molecular complexity index is 27.0. The molecule has 0 saturated carbocycles. The van der Waals surface area contributed by atoms with Gasteiger partial charge in [-0.05, 0) is 0 Å². The Morgan fingerprint density at radius 1 is 0.833 bits per heavy atom. The van der Waals surface area contributed by atoms with Gasteiger partial charge in [0.25, 0.3) is 0 Å². The molecule has 0 aromatic rings. The molecule has 0 amide bonds. The number of nitrogens with zero attached hydrogens (tertiary/aromatic N) is 2. The first kappa shape index (κ1) is 27.3.